The molecule has 0 radical (unpaired) electrons. The summed E-state index contributed by atoms with van der Waals surface area (Å²) in [5.41, 5.74) is 0.238. The van der Waals surface area contributed by atoms with Gasteiger partial charge in [0.2, 0.25) is 5.76 Å². The normalized spacial score (nSPS) is 24.4. The van der Waals surface area contributed by atoms with Gasteiger partial charge < -0.3 is 14.1 Å². The molecule has 0 N–H and O–H groups in total. The molecule has 1 aliphatic heterocycles. The second-order valence-corrected chi connectivity index (χ2v) is 8.14. The molecule has 1 aromatic rings. The summed E-state index contributed by atoms with van der Waals surface area (Å²) < 4.78 is 10.9. The topological polar surface area (TPSA) is 75.9 Å². The van der Waals surface area contributed by atoms with Crippen molar-refractivity contribution in [3.05, 3.63) is 17.8 Å². The van der Waals surface area contributed by atoms with Crippen LogP contribution in [0.2, 0.25) is 0 Å². The monoisotopic (exact) mass is 349 g/mol. The summed E-state index contributed by atoms with van der Waals surface area (Å²) >= 11 is 0. The summed E-state index contributed by atoms with van der Waals surface area (Å²) in [6.45, 7) is 10.3. The van der Waals surface area contributed by atoms with E-state index in [4.69, 9.17) is 9.15 Å². The van der Waals surface area contributed by atoms with E-state index in [9.17, 15) is 9.59 Å². The summed E-state index contributed by atoms with van der Waals surface area (Å²) in [5, 5.41) is 0. The van der Waals surface area contributed by atoms with Gasteiger partial charge in [-0.05, 0) is 47.5 Å². The fourth-order valence-electron chi connectivity index (χ4n) is 3.37. The quantitative estimate of drug-likeness (QED) is 0.820. The second kappa shape index (κ2) is 6.35. The van der Waals surface area contributed by atoms with Crippen molar-refractivity contribution in [1.82, 2.24) is 14.8 Å². The second-order valence-electron chi connectivity index (χ2n) is 8.14. The van der Waals surface area contributed by atoms with Crippen LogP contribution in [0.3, 0.4) is 0 Å². The first-order valence-corrected chi connectivity index (χ1v) is 8.91. The van der Waals surface area contributed by atoms with Crippen LogP contribution in [0, 0.1) is 0 Å². The fourth-order valence-corrected chi connectivity index (χ4v) is 3.37. The van der Waals surface area contributed by atoms with Crippen molar-refractivity contribution in [3.8, 4) is 0 Å². The Labute approximate surface area is 148 Å². The number of hydrogen-bond acceptors (Lipinski definition) is 5. The van der Waals surface area contributed by atoms with Gasteiger partial charge in [0.25, 0.3) is 5.91 Å². The highest BCUT2D eigenvalue weighted by Gasteiger charge is 2.40. The molecular formula is C18H27N3O4. The number of ether oxygens (including phenoxy) is 1. The molecule has 2 fully saturated rings. The maximum Gasteiger partial charge on any atom is 0.410 e. The lowest BCUT2D eigenvalue weighted by Crippen LogP contribution is -2.60. The fraction of sp³-hybridized carbons (Fsp3) is 0.722. The summed E-state index contributed by atoms with van der Waals surface area (Å²) in [6, 6.07) is -0.260. The third-order valence-corrected chi connectivity index (χ3v) is 4.56. The van der Waals surface area contributed by atoms with E-state index < -0.39 is 5.60 Å². The van der Waals surface area contributed by atoms with E-state index >= 15 is 0 Å². The van der Waals surface area contributed by atoms with E-state index in [1.165, 1.54) is 6.39 Å². The van der Waals surface area contributed by atoms with Crippen molar-refractivity contribution in [2.45, 2.75) is 71.1 Å². The largest absolute Gasteiger partial charge is 0.444 e. The molecule has 1 saturated carbocycles. The van der Waals surface area contributed by atoms with Gasteiger partial charge in [0.15, 0.2) is 6.39 Å². The first kappa shape index (κ1) is 17.8. The molecule has 25 heavy (non-hydrogen) atoms. The van der Waals surface area contributed by atoms with E-state index in [1.807, 2.05) is 34.6 Å². The predicted molar refractivity (Wildman–Crippen MR) is 91.4 cm³/mol. The van der Waals surface area contributed by atoms with E-state index in [0.717, 1.165) is 18.5 Å². The molecular weight excluding hydrogens is 322 g/mol. The van der Waals surface area contributed by atoms with Crippen molar-refractivity contribution in [3.63, 3.8) is 0 Å². The highest BCUT2D eigenvalue weighted by Crippen LogP contribution is 2.41. The number of carbonyl (C=O) groups is 2. The van der Waals surface area contributed by atoms with Crippen molar-refractivity contribution in [1.29, 1.82) is 0 Å². The summed E-state index contributed by atoms with van der Waals surface area (Å²) in [4.78, 5) is 33.0. The molecule has 2 atom stereocenters. The lowest BCUT2D eigenvalue weighted by Gasteiger charge is -2.44. The highest BCUT2D eigenvalue weighted by atomic mass is 16.6. The van der Waals surface area contributed by atoms with Gasteiger partial charge in [-0.2, -0.15) is 0 Å². The van der Waals surface area contributed by atoms with E-state index in [0.29, 0.717) is 24.8 Å². The van der Waals surface area contributed by atoms with E-state index in [-0.39, 0.29) is 24.1 Å². The summed E-state index contributed by atoms with van der Waals surface area (Å²) in [6.07, 6.45) is 3.14. The molecule has 1 aromatic heterocycles. The molecule has 3 rings (SSSR count). The van der Waals surface area contributed by atoms with Crippen LogP contribution in [0.25, 0.3) is 0 Å². The first-order valence-electron chi connectivity index (χ1n) is 8.91. The Morgan fingerprint density at radius 1 is 1.20 bits per heavy atom. The van der Waals surface area contributed by atoms with Crippen molar-refractivity contribution in [2.24, 2.45) is 0 Å². The minimum atomic E-state index is -0.539. The van der Waals surface area contributed by atoms with Crippen LogP contribution in [0.1, 0.15) is 69.6 Å². The summed E-state index contributed by atoms with van der Waals surface area (Å²) in [7, 11) is 0. The van der Waals surface area contributed by atoms with E-state index in [2.05, 4.69) is 4.98 Å². The van der Waals surface area contributed by atoms with Gasteiger partial charge in [0.05, 0.1) is 17.8 Å². The SMILES string of the molecule is C[C@@H]1CN(C(=O)c2ocnc2C2CC2)C[C@@H](C)N1C(=O)OC(C)(C)C. The Bertz CT molecular complexity index is 648. The zero-order valence-corrected chi connectivity index (χ0v) is 15.6. The number of piperazine rings is 1. The number of nitrogens with zero attached hydrogens (tertiary/aromatic N) is 3. The van der Waals surface area contributed by atoms with Gasteiger partial charge in [-0.3, -0.25) is 9.69 Å². The van der Waals surface area contributed by atoms with Crippen LogP contribution < -0.4 is 0 Å². The lowest BCUT2D eigenvalue weighted by atomic mass is 10.1. The third-order valence-electron chi connectivity index (χ3n) is 4.56. The number of hydrogen-bond donors (Lipinski definition) is 0. The van der Waals surface area contributed by atoms with Gasteiger partial charge in [0.1, 0.15) is 5.60 Å². The third kappa shape index (κ3) is 3.80. The maximum atomic E-state index is 12.9. The first-order chi connectivity index (χ1) is 11.7. The number of amides is 2. The average Bonchev–Trinajstić information content (AvgIpc) is 3.21. The summed E-state index contributed by atoms with van der Waals surface area (Å²) in [5.74, 6) is 0.574. The highest BCUT2D eigenvalue weighted by molar-refractivity contribution is 5.93. The molecule has 2 heterocycles. The van der Waals surface area contributed by atoms with E-state index in [1.54, 1.807) is 9.80 Å². The standard InChI is InChI=1S/C18H27N3O4/c1-11-8-20(9-12(2)21(11)17(23)25-18(3,4)5)16(22)15-14(13-6-7-13)19-10-24-15/h10-13H,6-9H2,1-5H3/t11-,12-/m1/s1. The minimum Gasteiger partial charge on any atom is -0.444 e. The van der Waals surface area contributed by atoms with Crippen LogP contribution in [-0.4, -0.2) is 57.6 Å². The predicted octanol–water partition coefficient (Wildman–Crippen LogP) is 3.02. The maximum absolute atomic E-state index is 12.9. The minimum absolute atomic E-state index is 0.130. The molecule has 7 heteroatoms. The molecule has 2 aliphatic rings. The van der Waals surface area contributed by atoms with Crippen molar-refractivity contribution in [2.75, 3.05) is 13.1 Å². The molecule has 1 aliphatic carbocycles. The van der Waals surface area contributed by atoms with Crippen molar-refractivity contribution < 1.29 is 18.7 Å². The smallest absolute Gasteiger partial charge is 0.410 e. The molecule has 0 unspecified atom stereocenters. The number of aromatic nitrogens is 1. The molecule has 0 spiro atoms. The number of rotatable bonds is 2. The molecule has 1 saturated heterocycles. The lowest BCUT2D eigenvalue weighted by molar-refractivity contribution is -0.0134. The van der Waals surface area contributed by atoms with Crippen molar-refractivity contribution >= 4 is 12.0 Å². The van der Waals surface area contributed by atoms with Crippen LogP contribution >= 0.6 is 0 Å². The van der Waals surface area contributed by atoms with Gasteiger partial charge >= 0.3 is 6.09 Å². The Morgan fingerprint density at radius 3 is 2.32 bits per heavy atom. The van der Waals surface area contributed by atoms with Crippen LogP contribution in [0.15, 0.2) is 10.8 Å². The van der Waals surface area contributed by atoms with Crippen LogP contribution in [0.4, 0.5) is 4.79 Å². The zero-order chi connectivity index (χ0) is 18.4. The van der Waals surface area contributed by atoms with Crippen LogP contribution in [0.5, 0.6) is 0 Å². The number of oxazole rings is 1. The molecule has 0 aromatic carbocycles. The van der Waals surface area contributed by atoms with Gasteiger partial charge in [0, 0.05) is 19.0 Å². The average molecular weight is 349 g/mol. The Hall–Kier alpha value is -2.05. The zero-order valence-electron chi connectivity index (χ0n) is 15.6. The van der Waals surface area contributed by atoms with Gasteiger partial charge in [-0.15, -0.1) is 0 Å². The molecule has 138 valence electrons. The molecule has 7 nitrogen and oxygen atoms in total. The van der Waals surface area contributed by atoms with Gasteiger partial charge in [-0.25, -0.2) is 9.78 Å². The Kier molecular flexibility index (Phi) is 4.51. The Morgan fingerprint density at radius 2 is 1.80 bits per heavy atom. The molecule has 0 bridgehead atoms. The number of carbonyl (C=O) groups excluding carboxylic acids is 2. The molecule has 2 amide bonds. The van der Waals surface area contributed by atoms with Gasteiger partial charge in [-0.1, -0.05) is 0 Å². The Balaban J connectivity index is 1.70. The van der Waals surface area contributed by atoms with Crippen LogP contribution in [-0.2, 0) is 4.74 Å².